The summed E-state index contributed by atoms with van der Waals surface area (Å²) in [7, 11) is 0. The molecule has 1 rings (SSSR count). The fourth-order valence-electron chi connectivity index (χ4n) is 1.26. The third-order valence-electron chi connectivity index (χ3n) is 2.16. The van der Waals surface area contributed by atoms with E-state index in [0.29, 0.717) is 11.5 Å². The lowest BCUT2D eigenvalue weighted by atomic mass is 10.0. The maximum absolute atomic E-state index is 9.16. The van der Waals surface area contributed by atoms with Gasteiger partial charge in [-0.3, -0.25) is 0 Å². The molecule has 0 aliphatic rings. The SMILES string of the molecule is [2H]C([2H])(O)/C(C)=C/c1ccc(C(C)C)cc1. The van der Waals surface area contributed by atoms with Crippen LogP contribution in [0.1, 0.15) is 40.6 Å². The molecule has 0 bridgehead atoms. The Labute approximate surface area is 88.9 Å². The second kappa shape index (κ2) is 4.97. The van der Waals surface area contributed by atoms with E-state index in [1.165, 1.54) is 5.56 Å². The van der Waals surface area contributed by atoms with Crippen LogP contribution in [0.15, 0.2) is 29.8 Å². The Bertz CT molecular complexity index is 372. The second-order valence-electron chi connectivity index (χ2n) is 3.76. The summed E-state index contributed by atoms with van der Waals surface area (Å²) in [5.41, 5.74) is 2.46. The van der Waals surface area contributed by atoms with Gasteiger partial charge >= 0.3 is 0 Å². The fraction of sp³-hybridized carbons (Fsp3) is 0.385. The van der Waals surface area contributed by atoms with Gasteiger partial charge in [0.2, 0.25) is 0 Å². The third kappa shape index (κ3) is 3.00. The van der Waals surface area contributed by atoms with Gasteiger partial charge in [-0.15, -0.1) is 0 Å². The molecule has 0 fully saturated rings. The zero-order valence-corrected chi connectivity index (χ0v) is 8.91. The number of aliphatic hydroxyl groups is 1. The van der Waals surface area contributed by atoms with E-state index in [1.807, 2.05) is 24.3 Å². The number of hydrogen-bond acceptors (Lipinski definition) is 1. The van der Waals surface area contributed by atoms with Crippen LogP contribution in [0.3, 0.4) is 0 Å². The van der Waals surface area contributed by atoms with Crippen LogP contribution in [-0.2, 0) is 0 Å². The Morgan fingerprint density at radius 2 is 2.00 bits per heavy atom. The predicted octanol–water partition coefficient (Wildman–Crippen LogP) is 3.21. The topological polar surface area (TPSA) is 20.2 Å². The minimum atomic E-state index is -2.24. The molecule has 0 heterocycles. The van der Waals surface area contributed by atoms with Crippen LogP contribution in [0.2, 0.25) is 0 Å². The number of benzene rings is 1. The van der Waals surface area contributed by atoms with Crippen molar-refractivity contribution in [2.75, 3.05) is 6.56 Å². The lowest BCUT2D eigenvalue weighted by Crippen LogP contribution is -1.87. The molecule has 0 saturated heterocycles. The van der Waals surface area contributed by atoms with Gasteiger partial charge in [-0.1, -0.05) is 44.2 Å². The molecule has 1 N–H and O–H groups in total. The minimum absolute atomic E-state index is 0.310. The molecule has 1 aromatic carbocycles. The first kappa shape index (κ1) is 8.25. The van der Waals surface area contributed by atoms with Crippen LogP contribution in [0.5, 0.6) is 0 Å². The lowest BCUT2D eigenvalue weighted by molar-refractivity contribution is 0.332. The molecule has 1 heteroatoms. The molecule has 76 valence electrons. The Morgan fingerprint density at radius 3 is 2.43 bits per heavy atom. The monoisotopic (exact) mass is 192 g/mol. The normalized spacial score (nSPS) is 15.4. The lowest BCUT2D eigenvalue weighted by Gasteiger charge is -2.05. The van der Waals surface area contributed by atoms with Crippen molar-refractivity contribution < 1.29 is 7.85 Å². The number of hydrogen-bond donors (Lipinski definition) is 1. The van der Waals surface area contributed by atoms with Gasteiger partial charge in [-0.2, -0.15) is 0 Å². The third-order valence-corrected chi connectivity index (χ3v) is 2.16. The van der Waals surface area contributed by atoms with Crippen molar-refractivity contribution in [3.05, 3.63) is 41.0 Å². The van der Waals surface area contributed by atoms with Gasteiger partial charge in [0.15, 0.2) is 0 Å². The zero-order chi connectivity index (χ0) is 12.3. The summed E-state index contributed by atoms with van der Waals surface area (Å²) < 4.78 is 14.3. The first-order chi connectivity index (χ1) is 7.30. The van der Waals surface area contributed by atoms with Crippen LogP contribution in [0.4, 0.5) is 0 Å². The Morgan fingerprint density at radius 1 is 1.43 bits per heavy atom. The molecule has 0 saturated carbocycles. The highest BCUT2D eigenvalue weighted by Crippen LogP contribution is 2.15. The van der Waals surface area contributed by atoms with E-state index in [1.54, 1.807) is 13.0 Å². The van der Waals surface area contributed by atoms with Crippen molar-refractivity contribution in [3.63, 3.8) is 0 Å². The highest BCUT2D eigenvalue weighted by Gasteiger charge is 1.97. The number of rotatable bonds is 3. The summed E-state index contributed by atoms with van der Waals surface area (Å²) in [6.45, 7) is 3.60. The predicted molar refractivity (Wildman–Crippen MR) is 61.3 cm³/mol. The fourth-order valence-corrected chi connectivity index (χ4v) is 1.26. The minimum Gasteiger partial charge on any atom is -0.392 e. The summed E-state index contributed by atoms with van der Waals surface area (Å²) in [6, 6.07) is 7.92. The van der Waals surface area contributed by atoms with Gasteiger partial charge in [0, 0.05) is 0 Å². The van der Waals surface area contributed by atoms with E-state index in [4.69, 9.17) is 7.85 Å². The van der Waals surface area contributed by atoms with E-state index in [-0.39, 0.29) is 0 Å². The zero-order valence-electron chi connectivity index (χ0n) is 10.9. The molecule has 0 aliphatic heterocycles. The highest BCUT2D eigenvalue weighted by atomic mass is 16.3. The van der Waals surface area contributed by atoms with Crippen LogP contribution in [-0.4, -0.2) is 11.7 Å². The van der Waals surface area contributed by atoms with Gasteiger partial charge < -0.3 is 5.11 Å². The van der Waals surface area contributed by atoms with Crippen LogP contribution >= 0.6 is 0 Å². The maximum atomic E-state index is 9.16. The second-order valence-corrected chi connectivity index (χ2v) is 3.76. The van der Waals surface area contributed by atoms with Gasteiger partial charge in [-0.05, 0) is 29.5 Å². The van der Waals surface area contributed by atoms with E-state index in [0.717, 1.165) is 5.56 Å². The quantitative estimate of drug-likeness (QED) is 0.779. The van der Waals surface area contributed by atoms with Crippen LogP contribution in [0.25, 0.3) is 6.08 Å². The molecule has 0 spiro atoms. The van der Waals surface area contributed by atoms with E-state index < -0.39 is 6.56 Å². The first-order valence-corrected chi connectivity index (χ1v) is 4.82. The molecule has 1 nitrogen and oxygen atoms in total. The largest absolute Gasteiger partial charge is 0.392 e. The molecule has 14 heavy (non-hydrogen) atoms. The molecule has 1 aromatic rings. The van der Waals surface area contributed by atoms with Crippen molar-refractivity contribution in [1.82, 2.24) is 0 Å². The standard InChI is InChI=1S/C13H18O/c1-10(2)13-6-4-12(5-7-13)8-11(3)9-14/h4-8,10,14H,9H2,1-3H3/b11-8+/i9D2. The molecule has 0 aromatic heterocycles. The Balaban J connectivity index is 2.92. The van der Waals surface area contributed by atoms with Crippen molar-refractivity contribution in [2.45, 2.75) is 26.7 Å². The van der Waals surface area contributed by atoms with Gasteiger partial charge in [0.1, 0.15) is 0 Å². The summed E-state index contributed by atoms with van der Waals surface area (Å²) in [6.07, 6.45) is 1.66. The van der Waals surface area contributed by atoms with Crippen LogP contribution < -0.4 is 0 Å². The molecule has 0 aliphatic carbocycles. The Kier molecular flexibility index (Phi) is 2.92. The van der Waals surface area contributed by atoms with Crippen molar-refractivity contribution >= 4 is 6.08 Å². The average Bonchev–Trinajstić information content (AvgIpc) is 2.17. The molecule has 0 atom stereocenters. The van der Waals surface area contributed by atoms with Crippen LogP contribution in [0, 0.1) is 0 Å². The van der Waals surface area contributed by atoms with Gasteiger partial charge in [0.05, 0.1) is 9.30 Å². The maximum Gasteiger partial charge on any atom is 0.0642 e. The van der Waals surface area contributed by atoms with E-state index in [9.17, 15) is 0 Å². The highest BCUT2D eigenvalue weighted by molar-refractivity contribution is 5.53. The summed E-state index contributed by atoms with van der Waals surface area (Å²) in [4.78, 5) is 0. The summed E-state index contributed by atoms with van der Waals surface area (Å²) in [5, 5.41) is 9.16. The average molecular weight is 192 g/mol. The van der Waals surface area contributed by atoms with Crippen molar-refractivity contribution in [2.24, 2.45) is 0 Å². The van der Waals surface area contributed by atoms with Gasteiger partial charge in [0.25, 0.3) is 0 Å². The summed E-state index contributed by atoms with van der Waals surface area (Å²) >= 11 is 0. The molecular weight excluding hydrogens is 172 g/mol. The van der Waals surface area contributed by atoms with Gasteiger partial charge in [-0.25, -0.2) is 0 Å². The molecule has 0 amide bonds. The Hall–Kier alpha value is -1.08. The first-order valence-electron chi connectivity index (χ1n) is 5.82. The molecule has 0 unspecified atom stereocenters. The van der Waals surface area contributed by atoms with Crippen molar-refractivity contribution in [1.29, 1.82) is 0 Å². The molecular formula is C13H18O. The smallest absolute Gasteiger partial charge is 0.0642 e. The van der Waals surface area contributed by atoms with Crippen molar-refractivity contribution in [3.8, 4) is 0 Å². The molecule has 0 radical (unpaired) electrons. The summed E-state index contributed by atoms with van der Waals surface area (Å²) in [5.74, 6) is 0.489. The van der Waals surface area contributed by atoms with E-state index >= 15 is 0 Å². The van der Waals surface area contributed by atoms with E-state index in [2.05, 4.69) is 13.8 Å².